The molecule has 7 heteroatoms. The normalized spacial score (nSPS) is 10.4. The van der Waals surface area contributed by atoms with Crippen molar-refractivity contribution in [3.05, 3.63) is 41.3 Å². The Kier molecular flexibility index (Phi) is 3.37. The van der Waals surface area contributed by atoms with Crippen molar-refractivity contribution in [1.29, 1.82) is 0 Å². The van der Waals surface area contributed by atoms with Crippen molar-refractivity contribution in [2.75, 3.05) is 11.1 Å². The van der Waals surface area contributed by atoms with Crippen LogP contribution in [0.4, 0.5) is 15.9 Å². The molecule has 5 N–H and O–H groups in total. The largest absolute Gasteiger partial charge is 0.384 e. The van der Waals surface area contributed by atoms with Gasteiger partial charge >= 0.3 is 0 Å². The molecule has 0 aliphatic rings. The summed E-state index contributed by atoms with van der Waals surface area (Å²) < 4.78 is 15.2. The van der Waals surface area contributed by atoms with Crippen molar-refractivity contribution >= 4 is 17.4 Å². The highest BCUT2D eigenvalue weighted by molar-refractivity contribution is 5.93. The molecule has 2 rings (SSSR count). The summed E-state index contributed by atoms with van der Waals surface area (Å²) in [4.78, 5) is 10.9. The molecule has 0 bridgehead atoms. The van der Waals surface area contributed by atoms with E-state index in [0.717, 1.165) is 11.6 Å². The van der Waals surface area contributed by atoms with Crippen LogP contribution < -0.4 is 16.8 Å². The molecule has 0 atom stereocenters. The summed E-state index contributed by atoms with van der Waals surface area (Å²) in [5.41, 5.74) is 12.0. The molecule has 1 heterocycles. The van der Waals surface area contributed by atoms with Gasteiger partial charge in [0.15, 0.2) is 0 Å². The van der Waals surface area contributed by atoms with Crippen LogP contribution in [0.25, 0.3) is 0 Å². The number of nitrogens with zero attached hydrogens (tertiary/aromatic N) is 2. The van der Waals surface area contributed by atoms with Gasteiger partial charge in [0.25, 0.3) is 0 Å². The monoisotopic (exact) mass is 263 g/mol. The van der Waals surface area contributed by atoms with Gasteiger partial charge in [-0.25, -0.2) is 4.39 Å². The highest BCUT2D eigenvalue weighted by Gasteiger charge is 2.08. The zero-order valence-corrected chi connectivity index (χ0v) is 10.4. The van der Waals surface area contributed by atoms with Crippen LogP contribution in [0.15, 0.2) is 24.4 Å². The Morgan fingerprint density at radius 1 is 1.53 bits per heavy atom. The number of benzene rings is 1. The topological polar surface area (TPSA) is 99.0 Å². The van der Waals surface area contributed by atoms with Crippen LogP contribution in [0.3, 0.4) is 0 Å². The van der Waals surface area contributed by atoms with Gasteiger partial charge in [-0.15, -0.1) is 0 Å². The molecular weight excluding hydrogens is 249 g/mol. The second-order valence-electron chi connectivity index (χ2n) is 4.09. The van der Waals surface area contributed by atoms with E-state index >= 15 is 0 Å². The Labute approximate surface area is 109 Å². The third-order valence-corrected chi connectivity index (χ3v) is 2.79. The Balaban J connectivity index is 2.12. The van der Waals surface area contributed by atoms with Crippen LogP contribution in [-0.4, -0.2) is 15.7 Å². The van der Waals surface area contributed by atoms with Crippen LogP contribution >= 0.6 is 0 Å². The molecule has 0 unspecified atom stereocenters. The predicted octanol–water partition coefficient (Wildman–Crippen LogP) is 0.852. The summed E-state index contributed by atoms with van der Waals surface area (Å²) >= 11 is 0. The molecule has 2 aromatic rings. The molecule has 1 aromatic carbocycles. The maximum Gasteiger partial charge on any atom is 0.248 e. The Morgan fingerprint density at radius 3 is 2.79 bits per heavy atom. The fourth-order valence-corrected chi connectivity index (χ4v) is 1.63. The van der Waals surface area contributed by atoms with Crippen molar-refractivity contribution in [2.24, 2.45) is 12.8 Å². The molecule has 0 radical (unpaired) electrons. The van der Waals surface area contributed by atoms with Crippen molar-refractivity contribution in [3.8, 4) is 0 Å². The summed E-state index contributed by atoms with van der Waals surface area (Å²) in [6, 6.07) is 4.01. The average Bonchev–Trinajstić information content (AvgIpc) is 2.68. The van der Waals surface area contributed by atoms with Gasteiger partial charge < -0.3 is 16.8 Å². The van der Waals surface area contributed by atoms with Crippen LogP contribution in [0.1, 0.15) is 15.9 Å². The molecule has 0 saturated carbocycles. The number of nitrogens with two attached hydrogens (primary N) is 2. The van der Waals surface area contributed by atoms with Crippen molar-refractivity contribution in [1.82, 2.24) is 9.78 Å². The first kappa shape index (κ1) is 12.9. The summed E-state index contributed by atoms with van der Waals surface area (Å²) in [7, 11) is 1.72. The minimum atomic E-state index is -0.665. The molecule has 1 amide bonds. The number of nitrogen functional groups attached to an aromatic ring is 1. The first-order valence-electron chi connectivity index (χ1n) is 5.58. The molecule has 19 heavy (non-hydrogen) atoms. The number of hydrogen-bond acceptors (Lipinski definition) is 4. The average molecular weight is 263 g/mol. The second-order valence-corrected chi connectivity index (χ2v) is 4.09. The predicted molar refractivity (Wildman–Crippen MR) is 69.9 cm³/mol. The van der Waals surface area contributed by atoms with E-state index in [1.165, 1.54) is 16.8 Å². The van der Waals surface area contributed by atoms with E-state index in [2.05, 4.69) is 10.4 Å². The fraction of sp³-hybridized carbons (Fsp3) is 0.167. The number of primary amides is 1. The van der Waals surface area contributed by atoms with Gasteiger partial charge in [0.05, 0.1) is 11.9 Å². The number of halogens is 1. The zero-order chi connectivity index (χ0) is 14.0. The number of aromatic nitrogens is 2. The maximum absolute atomic E-state index is 13.7. The first-order chi connectivity index (χ1) is 8.99. The van der Waals surface area contributed by atoms with E-state index < -0.39 is 11.7 Å². The number of carbonyl (C=O) groups excluding carboxylic acids is 1. The van der Waals surface area contributed by atoms with Crippen LogP contribution in [0, 0.1) is 5.82 Å². The Hall–Kier alpha value is -2.57. The molecule has 6 nitrogen and oxygen atoms in total. The van der Waals surface area contributed by atoms with Gasteiger partial charge in [-0.1, -0.05) is 0 Å². The third-order valence-electron chi connectivity index (χ3n) is 2.79. The lowest BCUT2D eigenvalue weighted by Gasteiger charge is -2.08. The molecule has 1 aromatic heterocycles. The fourth-order valence-electron chi connectivity index (χ4n) is 1.63. The summed E-state index contributed by atoms with van der Waals surface area (Å²) in [6.07, 6.45) is 1.61. The van der Waals surface area contributed by atoms with E-state index in [0.29, 0.717) is 12.4 Å². The quantitative estimate of drug-likeness (QED) is 0.761. The highest BCUT2D eigenvalue weighted by Crippen LogP contribution is 2.18. The molecule has 0 aliphatic heterocycles. The summed E-state index contributed by atoms with van der Waals surface area (Å²) in [5, 5.41) is 6.87. The smallest absolute Gasteiger partial charge is 0.248 e. The summed E-state index contributed by atoms with van der Waals surface area (Å²) in [6.45, 7) is 0.340. The molecular formula is C12H14FN5O. The molecule has 0 aliphatic carbocycles. The number of aryl methyl sites for hydroxylation is 1. The van der Waals surface area contributed by atoms with Crippen LogP contribution in [0.2, 0.25) is 0 Å². The van der Waals surface area contributed by atoms with E-state index in [9.17, 15) is 9.18 Å². The molecule has 100 valence electrons. The van der Waals surface area contributed by atoms with Gasteiger partial charge in [-0.05, 0) is 18.2 Å². The van der Waals surface area contributed by atoms with E-state index in [1.807, 2.05) is 0 Å². The van der Waals surface area contributed by atoms with E-state index in [1.54, 1.807) is 13.2 Å². The van der Waals surface area contributed by atoms with Crippen molar-refractivity contribution in [2.45, 2.75) is 6.54 Å². The van der Waals surface area contributed by atoms with Crippen LogP contribution in [-0.2, 0) is 13.6 Å². The van der Waals surface area contributed by atoms with Gasteiger partial charge in [-0.3, -0.25) is 9.48 Å². The molecule has 0 saturated heterocycles. The van der Waals surface area contributed by atoms with E-state index in [4.69, 9.17) is 11.5 Å². The van der Waals surface area contributed by atoms with Gasteiger partial charge in [-0.2, -0.15) is 5.10 Å². The lowest BCUT2D eigenvalue weighted by Crippen LogP contribution is -2.12. The highest BCUT2D eigenvalue weighted by atomic mass is 19.1. The van der Waals surface area contributed by atoms with Crippen molar-refractivity contribution in [3.63, 3.8) is 0 Å². The van der Waals surface area contributed by atoms with Crippen LogP contribution in [0.5, 0.6) is 0 Å². The lowest BCUT2D eigenvalue weighted by atomic mass is 10.2. The van der Waals surface area contributed by atoms with E-state index in [-0.39, 0.29) is 11.3 Å². The van der Waals surface area contributed by atoms with Gasteiger partial charge in [0.2, 0.25) is 5.91 Å². The zero-order valence-electron chi connectivity index (χ0n) is 10.4. The minimum absolute atomic E-state index is 0.129. The Bertz CT molecular complexity index is 623. The second kappa shape index (κ2) is 4.97. The van der Waals surface area contributed by atoms with Gasteiger partial charge in [0, 0.05) is 24.7 Å². The number of rotatable bonds is 4. The number of carbonyl (C=O) groups is 1. The molecule has 0 spiro atoms. The standard InChI is InChI=1S/C12H14FN5O/c1-18-11(14)8(6-17-18)5-16-10-3-2-7(12(15)19)4-9(10)13/h2-4,6,16H,5,14H2,1H3,(H2,15,19). The SMILES string of the molecule is Cn1ncc(CNc2ccc(C(N)=O)cc2F)c1N. The van der Waals surface area contributed by atoms with Gasteiger partial charge in [0.1, 0.15) is 11.6 Å². The van der Waals surface area contributed by atoms with Crippen molar-refractivity contribution < 1.29 is 9.18 Å². The maximum atomic E-state index is 13.7. The summed E-state index contributed by atoms with van der Waals surface area (Å²) in [5.74, 6) is -0.692. The lowest BCUT2D eigenvalue weighted by molar-refractivity contribution is 0.1000. The first-order valence-corrected chi connectivity index (χ1v) is 5.58. The number of amides is 1. The Morgan fingerprint density at radius 2 is 2.26 bits per heavy atom. The number of anilines is 2. The molecule has 0 fully saturated rings. The number of nitrogens with one attached hydrogen (secondary N) is 1. The number of hydrogen-bond donors (Lipinski definition) is 3. The minimum Gasteiger partial charge on any atom is -0.384 e. The third kappa shape index (κ3) is 2.65.